The minimum Gasteiger partial charge on any atom is -0.482 e. The van der Waals surface area contributed by atoms with Crippen molar-refractivity contribution in [3.05, 3.63) is 78.6 Å². The van der Waals surface area contributed by atoms with Crippen LogP contribution in [-0.4, -0.2) is 43.9 Å². The van der Waals surface area contributed by atoms with Gasteiger partial charge in [-0.3, -0.25) is 14.5 Å². The van der Waals surface area contributed by atoms with Gasteiger partial charge in [0.05, 0.1) is 17.5 Å². The summed E-state index contributed by atoms with van der Waals surface area (Å²) in [5.41, 5.74) is 3.58. The standard InChI is InChI=1S/C28H24N6O4S/c1-17(34-21-11-4-6-13-23(21)37-15-25(34)36)26-31-32-28(33(26)2)39-16-24(35)29-19-9-7-8-18(14-19)27-30-20-10-3-5-12-22(20)38-27/h3-14,17H,15-16H2,1-2H3,(H,29,35). The maximum absolute atomic E-state index is 12.8. The van der Waals surface area contributed by atoms with Gasteiger partial charge in [0.2, 0.25) is 11.8 Å². The van der Waals surface area contributed by atoms with E-state index in [1.807, 2.05) is 91.3 Å². The lowest BCUT2D eigenvalue weighted by atomic mass is 10.1. The van der Waals surface area contributed by atoms with E-state index >= 15 is 0 Å². The fourth-order valence-electron chi connectivity index (χ4n) is 4.53. The number of hydrogen-bond acceptors (Lipinski definition) is 8. The van der Waals surface area contributed by atoms with Crippen molar-refractivity contribution >= 4 is 46.1 Å². The van der Waals surface area contributed by atoms with Gasteiger partial charge in [-0.2, -0.15) is 0 Å². The van der Waals surface area contributed by atoms with E-state index in [1.165, 1.54) is 11.8 Å². The van der Waals surface area contributed by atoms with E-state index < -0.39 is 0 Å². The third-order valence-electron chi connectivity index (χ3n) is 6.39. The van der Waals surface area contributed by atoms with Crippen LogP contribution in [0, 0.1) is 0 Å². The molecule has 0 bridgehead atoms. The molecule has 196 valence electrons. The molecule has 1 unspecified atom stereocenters. The Bertz CT molecular complexity index is 1660. The molecule has 3 heterocycles. The van der Waals surface area contributed by atoms with Gasteiger partial charge >= 0.3 is 0 Å². The van der Waals surface area contributed by atoms with Crippen LogP contribution in [0.5, 0.6) is 5.75 Å². The van der Waals surface area contributed by atoms with Crippen LogP contribution in [0.25, 0.3) is 22.6 Å². The Hall–Kier alpha value is -4.64. The molecule has 1 atom stereocenters. The molecule has 3 aromatic carbocycles. The fourth-order valence-corrected chi connectivity index (χ4v) is 5.25. The van der Waals surface area contributed by atoms with Crippen LogP contribution in [0.2, 0.25) is 0 Å². The molecule has 39 heavy (non-hydrogen) atoms. The zero-order valence-corrected chi connectivity index (χ0v) is 22.0. The lowest BCUT2D eigenvalue weighted by Gasteiger charge is -2.33. The number of nitrogens with zero attached hydrogens (tertiary/aromatic N) is 5. The number of aromatic nitrogens is 4. The average molecular weight is 541 g/mol. The van der Waals surface area contributed by atoms with Gasteiger partial charge in [-0.25, -0.2) is 4.98 Å². The van der Waals surface area contributed by atoms with Gasteiger partial charge in [0.15, 0.2) is 23.2 Å². The van der Waals surface area contributed by atoms with Crippen molar-refractivity contribution in [3.8, 4) is 17.2 Å². The van der Waals surface area contributed by atoms with Crippen molar-refractivity contribution in [1.82, 2.24) is 19.7 Å². The Kier molecular flexibility index (Phi) is 6.49. The van der Waals surface area contributed by atoms with Crippen molar-refractivity contribution < 1.29 is 18.7 Å². The van der Waals surface area contributed by atoms with Crippen LogP contribution in [0.15, 0.2) is 82.4 Å². The number of hydrogen-bond donors (Lipinski definition) is 1. The van der Waals surface area contributed by atoms with E-state index in [0.29, 0.717) is 39.6 Å². The van der Waals surface area contributed by atoms with Crippen molar-refractivity contribution in [1.29, 1.82) is 0 Å². The second-order valence-electron chi connectivity index (χ2n) is 9.00. The SMILES string of the molecule is CC(c1nnc(SCC(=O)Nc2cccc(-c3nc4ccccc4o3)c2)n1C)N1C(=O)COc2ccccc21. The molecule has 0 radical (unpaired) electrons. The molecule has 0 saturated heterocycles. The predicted octanol–water partition coefficient (Wildman–Crippen LogP) is 4.84. The minimum atomic E-state index is -0.377. The number of fused-ring (bicyclic) bond motifs is 2. The number of benzene rings is 3. The largest absolute Gasteiger partial charge is 0.482 e. The summed E-state index contributed by atoms with van der Waals surface area (Å²) in [5.74, 6) is 1.53. The quantitative estimate of drug-likeness (QED) is 0.292. The first-order valence-electron chi connectivity index (χ1n) is 12.3. The second kappa shape index (κ2) is 10.3. The molecule has 0 fully saturated rings. The minimum absolute atomic E-state index is 0.0331. The second-order valence-corrected chi connectivity index (χ2v) is 9.94. The number of amides is 2. The van der Waals surface area contributed by atoms with Crippen LogP contribution in [0.3, 0.4) is 0 Å². The van der Waals surface area contributed by atoms with Gasteiger partial charge in [-0.05, 0) is 49.4 Å². The topological polar surface area (TPSA) is 115 Å². The molecule has 2 amide bonds. The van der Waals surface area contributed by atoms with Gasteiger partial charge in [-0.1, -0.05) is 42.1 Å². The predicted molar refractivity (Wildman–Crippen MR) is 148 cm³/mol. The van der Waals surface area contributed by atoms with Crippen LogP contribution in [-0.2, 0) is 16.6 Å². The lowest BCUT2D eigenvalue weighted by Crippen LogP contribution is -2.41. The van der Waals surface area contributed by atoms with Crippen LogP contribution in [0.4, 0.5) is 11.4 Å². The Morgan fingerprint density at radius 1 is 1.08 bits per heavy atom. The molecule has 0 saturated carbocycles. The first-order chi connectivity index (χ1) is 19.0. The zero-order valence-electron chi connectivity index (χ0n) is 21.2. The summed E-state index contributed by atoms with van der Waals surface area (Å²) in [4.78, 5) is 31.7. The van der Waals surface area contributed by atoms with Crippen molar-refractivity contribution in [2.75, 3.05) is 22.6 Å². The molecule has 0 spiro atoms. The number of carbonyl (C=O) groups excluding carboxylic acids is 2. The lowest BCUT2D eigenvalue weighted by molar-refractivity contribution is -0.121. The molecule has 11 heteroatoms. The Labute approximate surface area is 228 Å². The number of oxazole rings is 1. The maximum atomic E-state index is 12.8. The first kappa shape index (κ1) is 24.7. The average Bonchev–Trinajstić information content (AvgIpc) is 3.55. The maximum Gasteiger partial charge on any atom is 0.265 e. The summed E-state index contributed by atoms with van der Waals surface area (Å²) in [5, 5.41) is 12.1. The molecular weight excluding hydrogens is 516 g/mol. The van der Waals surface area contributed by atoms with Crippen LogP contribution < -0.4 is 15.0 Å². The number of anilines is 2. The highest BCUT2D eigenvalue weighted by atomic mass is 32.2. The monoisotopic (exact) mass is 540 g/mol. The molecule has 0 aliphatic carbocycles. The molecule has 1 aliphatic rings. The highest BCUT2D eigenvalue weighted by molar-refractivity contribution is 7.99. The van der Waals surface area contributed by atoms with Crippen molar-refractivity contribution in [3.63, 3.8) is 0 Å². The summed E-state index contributed by atoms with van der Waals surface area (Å²) in [7, 11) is 1.83. The molecular formula is C28H24N6O4S. The van der Waals surface area contributed by atoms with E-state index in [4.69, 9.17) is 9.15 Å². The number of rotatable bonds is 7. The highest BCUT2D eigenvalue weighted by Gasteiger charge is 2.32. The van der Waals surface area contributed by atoms with E-state index in [1.54, 1.807) is 4.90 Å². The van der Waals surface area contributed by atoms with Gasteiger partial charge in [0, 0.05) is 18.3 Å². The van der Waals surface area contributed by atoms with Crippen LogP contribution >= 0.6 is 11.8 Å². The highest BCUT2D eigenvalue weighted by Crippen LogP contribution is 2.37. The van der Waals surface area contributed by atoms with Crippen molar-refractivity contribution in [2.24, 2.45) is 7.05 Å². The molecule has 2 aromatic heterocycles. The normalized spacial score (nSPS) is 13.7. The van der Waals surface area contributed by atoms with E-state index in [2.05, 4.69) is 20.5 Å². The smallest absolute Gasteiger partial charge is 0.265 e. The number of thioether (sulfide) groups is 1. The molecule has 5 aromatic rings. The first-order valence-corrected chi connectivity index (χ1v) is 13.3. The summed E-state index contributed by atoms with van der Waals surface area (Å²) < 4.78 is 13.2. The number of carbonyl (C=O) groups is 2. The Morgan fingerprint density at radius 2 is 1.90 bits per heavy atom. The van der Waals surface area contributed by atoms with Gasteiger partial charge < -0.3 is 19.0 Å². The third-order valence-corrected chi connectivity index (χ3v) is 7.41. The summed E-state index contributed by atoms with van der Waals surface area (Å²) in [6.07, 6.45) is 0. The molecule has 6 rings (SSSR count). The number of ether oxygens (including phenoxy) is 1. The number of nitrogens with one attached hydrogen (secondary N) is 1. The zero-order chi connectivity index (χ0) is 26.9. The van der Waals surface area contributed by atoms with Crippen molar-refractivity contribution in [2.45, 2.75) is 18.1 Å². The fraction of sp³-hybridized carbons (Fsp3) is 0.179. The Morgan fingerprint density at radius 3 is 2.77 bits per heavy atom. The summed E-state index contributed by atoms with van der Waals surface area (Å²) in [6, 6.07) is 22.0. The van der Waals surface area contributed by atoms with Gasteiger partial charge in [0.1, 0.15) is 11.3 Å². The van der Waals surface area contributed by atoms with Gasteiger partial charge in [0.25, 0.3) is 5.91 Å². The number of para-hydroxylation sites is 4. The summed E-state index contributed by atoms with van der Waals surface area (Å²) >= 11 is 1.27. The Balaban J connectivity index is 1.12. The van der Waals surface area contributed by atoms with Gasteiger partial charge in [-0.15, -0.1) is 10.2 Å². The molecule has 1 aliphatic heterocycles. The van der Waals surface area contributed by atoms with E-state index in [-0.39, 0.29) is 30.2 Å². The van der Waals surface area contributed by atoms with E-state index in [0.717, 1.165) is 11.1 Å². The van der Waals surface area contributed by atoms with E-state index in [9.17, 15) is 9.59 Å². The summed E-state index contributed by atoms with van der Waals surface area (Å²) in [6.45, 7) is 1.86. The molecule has 10 nitrogen and oxygen atoms in total. The van der Waals surface area contributed by atoms with Crippen LogP contribution in [0.1, 0.15) is 18.8 Å². The third kappa shape index (κ3) is 4.84. The molecule has 1 N–H and O–H groups in total.